The minimum absolute atomic E-state index is 0.113. The van der Waals surface area contributed by atoms with E-state index in [1.165, 1.54) is 16.2 Å². The van der Waals surface area contributed by atoms with Gasteiger partial charge in [-0.2, -0.15) is 0 Å². The summed E-state index contributed by atoms with van der Waals surface area (Å²) in [5, 5.41) is 1.19. The molecular formula is C19H19ClN3O3S+. The van der Waals surface area contributed by atoms with Crippen molar-refractivity contribution < 1.29 is 19.2 Å². The summed E-state index contributed by atoms with van der Waals surface area (Å²) >= 11 is 7.54. The molecule has 0 bridgehead atoms. The summed E-state index contributed by atoms with van der Waals surface area (Å²) in [6.07, 6.45) is 0. The second-order valence-corrected chi connectivity index (χ2v) is 8.04. The van der Waals surface area contributed by atoms with E-state index in [4.69, 9.17) is 21.1 Å². The molecule has 4 rings (SSSR count). The Morgan fingerprint density at radius 1 is 1.26 bits per heavy atom. The minimum Gasteiger partial charge on any atom is -0.454 e. The molecule has 8 heteroatoms. The Labute approximate surface area is 165 Å². The van der Waals surface area contributed by atoms with Gasteiger partial charge in [-0.1, -0.05) is 29.0 Å². The maximum Gasteiger partial charge on any atom is 0.260 e. The second-order valence-electron chi connectivity index (χ2n) is 6.59. The molecule has 0 atom stereocenters. The quantitative estimate of drug-likeness (QED) is 0.709. The van der Waals surface area contributed by atoms with Gasteiger partial charge in [0, 0.05) is 22.7 Å². The number of carbonyl (C=O) groups is 1. The number of rotatable bonds is 5. The van der Waals surface area contributed by atoms with Crippen LogP contribution in [0, 0.1) is 0 Å². The van der Waals surface area contributed by atoms with Crippen molar-refractivity contribution >= 4 is 44.2 Å². The topological polar surface area (TPSA) is 56.1 Å². The molecule has 1 aliphatic rings. The summed E-state index contributed by atoms with van der Waals surface area (Å²) in [7, 11) is 4.11. The number of carbonyl (C=O) groups excluding carboxylic acids is 1. The van der Waals surface area contributed by atoms with Gasteiger partial charge in [0.25, 0.3) is 5.91 Å². The summed E-state index contributed by atoms with van der Waals surface area (Å²) in [4.78, 5) is 20.8. The zero-order valence-corrected chi connectivity index (χ0v) is 16.6. The Morgan fingerprint density at radius 3 is 2.78 bits per heavy atom. The van der Waals surface area contributed by atoms with E-state index in [0.29, 0.717) is 33.8 Å². The smallest absolute Gasteiger partial charge is 0.260 e. The fourth-order valence-electron chi connectivity index (χ4n) is 2.82. The van der Waals surface area contributed by atoms with Crippen molar-refractivity contribution in [2.24, 2.45) is 0 Å². The van der Waals surface area contributed by atoms with E-state index in [-0.39, 0.29) is 12.7 Å². The minimum atomic E-state index is -0.113. The molecule has 1 N–H and O–H groups in total. The molecule has 2 aromatic carbocycles. The van der Waals surface area contributed by atoms with Gasteiger partial charge in [0.15, 0.2) is 16.6 Å². The van der Waals surface area contributed by atoms with Crippen LogP contribution < -0.4 is 19.3 Å². The predicted octanol–water partition coefficient (Wildman–Crippen LogP) is 2.47. The molecular weight excluding hydrogens is 386 g/mol. The van der Waals surface area contributed by atoms with Crippen LogP contribution in [0.1, 0.15) is 10.4 Å². The number of nitrogens with one attached hydrogen (secondary N) is 1. The first-order valence-corrected chi connectivity index (χ1v) is 9.77. The number of ether oxygens (including phenoxy) is 2. The van der Waals surface area contributed by atoms with E-state index < -0.39 is 0 Å². The number of hydrogen-bond acceptors (Lipinski definition) is 5. The summed E-state index contributed by atoms with van der Waals surface area (Å²) in [5.74, 6) is 1.28. The van der Waals surface area contributed by atoms with Crippen LogP contribution in [0.25, 0.3) is 10.2 Å². The van der Waals surface area contributed by atoms with Crippen LogP contribution >= 0.6 is 22.9 Å². The summed E-state index contributed by atoms with van der Waals surface area (Å²) < 4.78 is 11.8. The van der Waals surface area contributed by atoms with Gasteiger partial charge in [-0.25, -0.2) is 4.98 Å². The SMILES string of the molecule is C[NH+](C)CCN(C(=O)c1cccc(Cl)c1)c1nc2cc3c(cc2s1)OCO3. The molecule has 3 aromatic rings. The number of hydrogen-bond donors (Lipinski definition) is 1. The van der Waals surface area contributed by atoms with Crippen molar-refractivity contribution in [2.45, 2.75) is 0 Å². The van der Waals surface area contributed by atoms with Crippen LogP contribution in [0.2, 0.25) is 5.02 Å². The number of anilines is 1. The zero-order valence-electron chi connectivity index (χ0n) is 15.0. The highest BCUT2D eigenvalue weighted by molar-refractivity contribution is 7.22. The standard InChI is InChI=1S/C19H18ClN3O3S/c1-22(2)6-7-23(18(24)12-4-3-5-13(20)8-12)19-21-14-9-15-16(26-11-25-15)10-17(14)27-19/h3-5,8-10H,6-7,11H2,1-2H3/p+1. The Balaban J connectivity index is 1.71. The molecule has 0 saturated heterocycles. The molecule has 6 nitrogen and oxygen atoms in total. The zero-order chi connectivity index (χ0) is 19.0. The molecule has 1 aromatic heterocycles. The molecule has 1 aliphatic heterocycles. The second kappa shape index (κ2) is 7.34. The number of benzene rings is 2. The van der Waals surface area contributed by atoms with Gasteiger partial charge >= 0.3 is 0 Å². The van der Waals surface area contributed by atoms with Gasteiger partial charge < -0.3 is 14.4 Å². The number of amides is 1. The molecule has 27 heavy (non-hydrogen) atoms. The molecule has 0 unspecified atom stereocenters. The van der Waals surface area contributed by atoms with E-state index in [2.05, 4.69) is 19.1 Å². The Morgan fingerprint density at radius 2 is 2.04 bits per heavy atom. The number of quaternary nitrogens is 1. The lowest BCUT2D eigenvalue weighted by Crippen LogP contribution is -3.06. The number of likely N-dealkylation sites (N-methyl/N-ethyl adjacent to an activating group) is 1. The summed E-state index contributed by atoms with van der Waals surface area (Å²) in [6.45, 7) is 1.58. The van der Waals surface area contributed by atoms with E-state index in [0.717, 1.165) is 16.8 Å². The molecule has 140 valence electrons. The molecule has 1 amide bonds. The van der Waals surface area contributed by atoms with Crippen LogP contribution in [0.3, 0.4) is 0 Å². The number of thiazole rings is 1. The average molecular weight is 405 g/mol. The van der Waals surface area contributed by atoms with E-state index in [1.54, 1.807) is 29.2 Å². The highest BCUT2D eigenvalue weighted by Gasteiger charge is 2.24. The van der Waals surface area contributed by atoms with Crippen molar-refractivity contribution in [1.29, 1.82) is 0 Å². The third-order valence-electron chi connectivity index (χ3n) is 4.25. The summed E-state index contributed by atoms with van der Waals surface area (Å²) in [5.41, 5.74) is 1.34. The normalized spacial score (nSPS) is 12.7. The number of aromatic nitrogens is 1. The molecule has 0 radical (unpaired) electrons. The monoisotopic (exact) mass is 404 g/mol. The van der Waals surface area contributed by atoms with E-state index in [9.17, 15) is 4.79 Å². The third-order valence-corrected chi connectivity index (χ3v) is 5.53. The largest absolute Gasteiger partial charge is 0.454 e. The molecule has 0 spiro atoms. The lowest BCUT2D eigenvalue weighted by molar-refractivity contribution is -0.856. The van der Waals surface area contributed by atoms with Crippen molar-refractivity contribution in [3.05, 3.63) is 47.0 Å². The molecule has 0 fully saturated rings. The first-order valence-electron chi connectivity index (χ1n) is 8.58. The number of halogens is 1. The average Bonchev–Trinajstić information content (AvgIpc) is 3.24. The van der Waals surface area contributed by atoms with Crippen molar-refractivity contribution in [3.63, 3.8) is 0 Å². The van der Waals surface area contributed by atoms with Gasteiger partial charge in [0.2, 0.25) is 6.79 Å². The fraction of sp³-hybridized carbons (Fsp3) is 0.263. The van der Waals surface area contributed by atoms with Crippen LogP contribution in [0.15, 0.2) is 36.4 Å². The maximum atomic E-state index is 13.2. The van der Waals surface area contributed by atoms with E-state index in [1.807, 2.05) is 12.1 Å². The Kier molecular flexibility index (Phi) is 4.90. The first-order chi connectivity index (χ1) is 13.0. The van der Waals surface area contributed by atoms with Crippen LogP contribution in [0.4, 0.5) is 5.13 Å². The van der Waals surface area contributed by atoms with Gasteiger partial charge in [-0.3, -0.25) is 9.69 Å². The first kappa shape index (κ1) is 18.0. The van der Waals surface area contributed by atoms with Crippen LogP contribution in [-0.4, -0.2) is 44.9 Å². The number of fused-ring (bicyclic) bond motifs is 2. The van der Waals surface area contributed by atoms with E-state index >= 15 is 0 Å². The van der Waals surface area contributed by atoms with Crippen LogP contribution in [0.5, 0.6) is 11.5 Å². The third kappa shape index (κ3) is 3.71. The van der Waals surface area contributed by atoms with Gasteiger partial charge in [-0.15, -0.1) is 0 Å². The highest BCUT2D eigenvalue weighted by atomic mass is 35.5. The molecule has 2 heterocycles. The fourth-order valence-corrected chi connectivity index (χ4v) is 4.01. The highest BCUT2D eigenvalue weighted by Crippen LogP contribution is 2.40. The van der Waals surface area contributed by atoms with Crippen molar-refractivity contribution in [2.75, 3.05) is 38.9 Å². The van der Waals surface area contributed by atoms with Gasteiger partial charge in [-0.05, 0) is 18.2 Å². The Hall–Kier alpha value is -2.35. The van der Waals surface area contributed by atoms with Crippen molar-refractivity contribution in [1.82, 2.24) is 4.98 Å². The van der Waals surface area contributed by atoms with Gasteiger partial charge in [0.05, 0.1) is 37.4 Å². The maximum absolute atomic E-state index is 13.2. The van der Waals surface area contributed by atoms with Crippen molar-refractivity contribution in [3.8, 4) is 11.5 Å². The molecule has 0 saturated carbocycles. The lowest BCUT2D eigenvalue weighted by atomic mass is 10.2. The predicted molar refractivity (Wildman–Crippen MR) is 107 cm³/mol. The lowest BCUT2D eigenvalue weighted by Gasteiger charge is -2.20. The number of nitrogens with zero attached hydrogens (tertiary/aromatic N) is 2. The van der Waals surface area contributed by atoms with Gasteiger partial charge in [0.1, 0.15) is 0 Å². The molecule has 0 aliphatic carbocycles. The summed E-state index contributed by atoms with van der Waals surface area (Å²) in [6, 6.07) is 10.8. The Bertz CT molecular complexity index is 964. The van der Waals surface area contributed by atoms with Crippen LogP contribution in [-0.2, 0) is 0 Å².